The molecular weight excluding hydrogens is 309 g/mol. The molecule has 0 aromatic heterocycles. The van der Waals surface area contributed by atoms with E-state index in [4.69, 9.17) is 23.2 Å². The number of anilines is 1. The molecule has 1 amide bonds. The zero-order valence-corrected chi connectivity index (χ0v) is 12.6. The third kappa shape index (κ3) is 2.91. The number of aliphatic hydroxyl groups excluding tert-OH is 1. The second kappa shape index (κ2) is 5.68. The number of rotatable bonds is 2. The number of halogens is 2. The maximum atomic E-state index is 11.3. The van der Waals surface area contributed by atoms with Crippen LogP contribution >= 0.6 is 23.2 Å². The molecule has 0 saturated heterocycles. The van der Waals surface area contributed by atoms with E-state index in [-0.39, 0.29) is 5.91 Å². The number of aryl methyl sites for hydroxylation is 1. The van der Waals surface area contributed by atoms with Crippen LogP contribution in [0.2, 0.25) is 10.0 Å². The minimum atomic E-state index is -0.775. The summed E-state index contributed by atoms with van der Waals surface area (Å²) in [6.07, 6.45) is 0.380. The average Bonchev–Trinajstić information content (AvgIpc) is 2.49. The van der Waals surface area contributed by atoms with Crippen LogP contribution in [0.1, 0.15) is 29.2 Å². The molecule has 108 valence electrons. The van der Waals surface area contributed by atoms with Crippen molar-refractivity contribution in [2.24, 2.45) is 0 Å². The van der Waals surface area contributed by atoms with Gasteiger partial charge in [-0.15, -0.1) is 0 Å². The summed E-state index contributed by atoms with van der Waals surface area (Å²) in [5.74, 6) is 0.0280. The Hall–Kier alpha value is -1.55. The molecule has 1 unspecified atom stereocenters. The van der Waals surface area contributed by atoms with Crippen LogP contribution in [-0.2, 0) is 11.2 Å². The first kappa shape index (κ1) is 14.4. The highest BCUT2D eigenvalue weighted by Crippen LogP contribution is 2.31. The topological polar surface area (TPSA) is 49.3 Å². The van der Waals surface area contributed by atoms with Gasteiger partial charge in [0.15, 0.2) is 0 Å². The van der Waals surface area contributed by atoms with Gasteiger partial charge >= 0.3 is 0 Å². The molecule has 1 aliphatic rings. The van der Waals surface area contributed by atoms with Crippen LogP contribution in [-0.4, -0.2) is 11.0 Å². The van der Waals surface area contributed by atoms with Crippen molar-refractivity contribution in [2.75, 3.05) is 5.32 Å². The van der Waals surface area contributed by atoms with Gasteiger partial charge in [0.25, 0.3) is 0 Å². The van der Waals surface area contributed by atoms with Crippen LogP contribution in [0.4, 0.5) is 5.69 Å². The molecule has 3 rings (SSSR count). The highest BCUT2D eigenvalue weighted by molar-refractivity contribution is 6.42. The second-order valence-electron chi connectivity index (χ2n) is 5.04. The number of benzene rings is 2. The normalized spacial score (nSPS) is 15.3. The maximum absolute atomic E-state index is 11.3. The number of aliphatic hydroxyl groups is 1. The molecule has 0 bridgehead atoms. The van der Waals surface area contributed by atoms with E-state index < -0.39 is 6.10 Å². The Bertz CT molecular complexity index is 715. The number of nitrogens with one attached hydrogen (secondary N) is 1. The Kier molecular flexibility index (Phi) is 3.89. The minimum absolute atomic E-state index is 0.0280. The summed E-state index contributed by atoms with van der Waals surface area (Å²) in [7, 11) is 0. The number of fused-ring (bicyclic) bond motifs is 1. The first-order valence-electron chi connectivity index (χ1n) is 6.60. The van der Waals surface area contributed by atoms with E-state index in [1.54, 1.807) is 24.3 Å². The van der Waals surface area contributed by atoms with Gasteiger partial charge in [0.1, 0.15) is 6.10 Å². The Morgan fingerprint density at radius 2 is 1.71 bits per heavy atom. The molecule has 0 fully saturated rings. The number of hydrogen-bond acceptors (Lipinski definition) is 2. The summed E-state index contributed by atoms with van der Waals surface area (Å²) in [5, 5.41) is 14.2. The Balaban J connectivity index is 1.93. The van der Waals surface area contributed by atoms with E-state index in [2.05, 4.69) is 5.32 Å². The summed E-state index contributed by atoms with van der Waals surface area (Å²) < 4.78 is 0. The molecule has 1 aliphatic heterocycles. The van der Waals surface area contributed by atoms with E-state index in [0.29, 0.717) is 28.5 Å². The van der Waals surface area contributed by atoms with E-state index in [0.717, 1.165) is 16.8 Å². The third-order valence-electron chi connectivity index (χ3n) is 3.60. The summed E-state index contributed by atoms with van der Waals surface area (Å²) in [5.41, 5.74) is 3.30. The summed E-state index contributed by atoms with van der Waals surface area (Å²) in [6, 6.07) is 10.6. The Labute approximate surface area is 132 Å². The minimum Gasteiger partial charge on any atom is -0.384 e. The van der Waals surface area contributed by atoms with Crippen LogP contribution in [0.15, 0.2) is 36.4 Å². The fourth-order valence-electron chi connectivity index (χ4n) is 2.45. The van der Waals surface area contributed by atoms with Crippen molar-refractivity contribution in [3.8, 4) is 0 Å². The molecule has 2 N–H and O–H groups in total. The quantitative estimate of drug-likeness (QED) is 0.879. The third-order valence-corrected chi connectivity index (χ3v) is 4.34. The van der Waals surface area contributed by atoms with E-state index in [1.165, 1.54) is 0 Å². The lowest BCUT2D eigenvalue weighted by molar-refractivity contribution is -0.116. The fourth-order valence-corrected chi connectivity index (χ4v) is 2.75. The highest BCUT2D eigenvalue weighted by atomic mass is 35.5. The molecule has 2 aromatic rings. The summed E-state index contributed by atoms with van der Waals surface area (Å²) in [4.78, 5) is 11.3. The summed E-state index contributed by atoms with van der Waals surface area (Å²) >= 11 is 11.9. The molecule has 1 heterocycles. The zero-order chi connectivity index (χ0) is 15.0. The van der Waals surface area contributed by atoms with Gasteiger partial charge in [-0.2, -0.15) is 0 Å². The predicted molar refractivity (Wildman–Crippen MR) is 83.9 cm³/mol. The first-order chi connectivity index (χ1) is 10.0. The molecule has 21 heavy (non-hydrogen) atoms. The predicted octanol–water partition coefficient (Wildman–Crippen LogP) is 3.96. The molecule has 0 spiro atoms. The van der Waals surface area contributed by atoms with Gasteiger partial charge in [-0.05, 0) is 41.3 Å². The monoisotopic (exact) mass is 321 g/mol. The van der Waals surface area contributed by atoms with E-state index in [1.807, 2.05) is 12.1 Å². The molecule has 3 nitrogen and oxygen atoms in total. The molecule has 2 aromatic carbocycles. The molecule has 1 atom stereocenters. The van der Waals surface area contributed by atoms with Crippen molar-refractivity contribution in [3.63, 3.8) is 0 Å². The van der Waals surface area contributed by atoms with Gasteiger partial charge in [-0.1, -0.05) is 41.4 Å². The smallest absolute Gasteiger partial charge is 0.224 e. The van der Waals surface area contributed by atoms with Crippen molar-refractivity contribution in [2.45, 2.75) is 18.9 Å². The highest BCUT2D eigenvalue weighted by Gasteiger charge is 2.18. The lowest BCUT2D eigenvalue weighted by Gasteiger charge is -2.19. The molecule has 0 radical (unpaired) electrons. The van der Waals surface area contributed by atoms with Gasteiger partial charge in [0.05, 0.1) is 10.0 Å². The molecular formula is C16H13Cl2NO2. The SMILES string of the molecule is O=C1CCc2cc(C(O)c3ccc(Cl)c(Cl)c3)ccc2N1. The number of carbonyl (C=O) groups excluding carboxylic acids is 1. The molecule has 0 aliphatic carbocycles. The van der Waals surface area contributed by atoms with Crippen molar-refractivity contribution in [1.82, 2.24) is 0 Å². The first-order valence-corrected chi connectivity index (χ1v) is 7.36. The van der Waals surface area contributed by atoms with Crippen molar-refractivity contribution < 1.29 is 9.90 Å². The van der Waals surface area contributed by atoms with Crippen LogP contribution in [0.5, 0.6) is 0 Å². The van der Waals surface area contributed by atoms with Gasteiger partial charge in [-0.25, -0.2) is 0 Å². The van der Waals surface area contributed by atoms with Crippen molar-refractivity contribution in [3.05, 3.63) is 63.1 Å². The number of amides is 1. The van der Waals surface area contributed by atoms with Crippen LogP contribution in [0.3, 0.4) is 0 Å². The molecule has 0 saturated carbocycles. The zero-order valence-electron chi connectivity index (χ0n) is 11.1. The lowest BCUT2D eigenvalue weighted by atomic mass is 9.95. The van der Waals surface area contributed by atoms with Gasteiger partial charge < -0.3 is 10.4 Å². The maximum Gasteiger partial charge on any atom is 0.224 e. The number of carbonyl (C=O) groups is 1. The Morgan fingerprint density at radius 3 is 2.48 bits per heavy atom. The van der Waals surface area contributed by atoms with Crippen LogP contribution in [0, 0.1) is 0 Å². The van der Waals surface area contributed by atoms with Gasteiger partial charge in [0.2, 0.25) is 5.91 Å². The Morgan fingerprint density at radius 1 is 1.00 bits per heavy atom. The van der Waals surface area contributed by atoms with Crippen LogP contribution in [0.25, 0.3) is 0 Å². The lowest BCUT2D eigenvalue weighted by Crippen LogP contribution is -2.19. The van der Waals surface area contributed by atoms with Gasteiger partial charge in [0, 0.05) is 12.1 Å². The standard InChI is InChI=1S/C16H13Cl2NO2/c17-12-4-1-11(8-13(12)18)16(21)10-2-5-14-9(7-10)3-6-15(20)19-14/h1-2,4-5,7-8,16,21H,3,6H2,(H,19,20). The largest absolute Gasteiger partial charge is 0.384 e. The summed E-state index contributed by atoms with van der Waals surface area (Å²) in [6.45, 7) is 0. The van der Waals surface area contributed by atoms with E-state index >= 15 is 0 Å². The van der Waals surface area contributed by atoms with Crippen LogP contribution < -0.4 is 5.32 Å². The van der Waals surface area contributed by atoms with Crippen molar-refractivity contribution in [1.29, 1.82) is 0 Å². The fraction of sp³-hybridized carbons (Fsp3) is 0.188. The molecule has 5 heteroatoms. The number of hydrogen-bond donors (Lipinski definition) is 2. The average molecular weight is 322 g/mol. The van der Waals surface area contributed by atoms with Gasteiger partial charge in [-0.3, -0.25) is 4.79 Å². The second-order valence-corrected chi connectivity index (χ2v) is 5.86. The van der Waals surface area contributed by atoms with E-state index in [9.17, 15) is 9.90 Å². The van der Waals surface area contributed by atoms with Crippen molar-refractivity contribution >= 4 is 34.8 Å².